The fraction of sp³-hybridized carbons (Fsp3) is 0.400. The van der Waals surface area contributed by atoms with Crippen LogP contribution in [0.3, 0.4) is 0 Å². The number of rotatable bonds is 9. The topological polar surface area (TPSA) is 72.5 Å². The van der Waals surface area contributed by atoms with Gasteiger partial charge in [0.25, 0.3) is 0 Å². The molecule has 2 amide bonds. The number of nitrogens with zero attached hydrogens (tertiary/aromatic N) is 1. The maximum absolute atomic E-state index is 11.9. The summed E-state index contributed by atoms with van der Waals surface area (Å²) in [5.41, 5.74) is 2.86. The van der Waals surface area contributed by atoms with E-state index in [0.717, 1.165) is 28.5 Å². The Bertz CT molecular complexity index is 719. The number of benzene rings is 1. The SMILES string of the molecule is CCOc1ccc(CCNC(=O)NCc2cccc(C)n2)cc1OCC. The summed E-state index contributed by atoms with van der Waals surface area (Å²) in [6.07, 6.45) is 0.711. The molecule has 0 fully saturated rings. The molecule has 0 aliphatic carbocycles. The molecule has 0 unspecified atom stereocenters. The van der Waals surface area contributed by atoms with Crippen LogP contribution in [0, 0.1) is 6.92 Å². The maximum atomic E-state index is 11.9. The van der Waals surface area contributed by atoms with Gasteiger partial charge in [0.1, 0.15) is 0 Å². The van der Waals surface area contributed by atoms with Crippen LogP contribution < -0.4 is 20.1 Å². The lowest BCUT2D eigenvalue weighted by molar-refractivity contribution is 0.240. The molecule has 0 saturated carbocycles. The molecular weight excluding hydrogens is 330 g/mol. The molecule has 0 aliphatic rings. The Kier molecular flexibility index (Phi) is 7.74. The minimum Gasteiger partial charge on any atom is -0.490 e. The van der Waals surface area contributed by atoms with Crippen molar-refractivity contribution in [1.29, 1.82) is 0 Å². The predicted molar refractivity (Wildman–Crippen MR) is 102 cm³/mol. The standard InChI is InChI=1S/C20H27N3O3/c1-4-25-18-10-9-16(13-19(18)26-5-2)11-12-21-20(24)22-14-17-8-6-7-15(3)23-17/h6-10,13H,4-5,11-12,14H2,1-3H3,(H2,21,22,24). The van der Waals surface area contributed by atoms with Gasteiger partial charge in [0.15, 0.2) is 11.5 Å². The molecule has 0 radical (unpaired) electrons. The molecule has 140 valence electrons. The van der Waals surface area contributed by atoms with E-state index in [4.69, 9.17) is 9.47 Å². The van der Waals surface area contributed by atoms with Gasteiger partial charge in [-0.25, -0.2) is 4.79 Å². The Labute approximate surface area is 154 Å². The number of hydrogen-bond acceptors (Lipinski definition) is 4. The van der Waals surface area contributed by atoms with E-state index < -0.39 is 0 Å². The van der Waals surface area contributed by atoms with Crippen LogP contribution in [0.15, 0.2) is 36.4 Å². The largest absolute Gasteiger partial charge is 0.490 e. The Balaban J connectivity index is 1.79. The number of hydrogen-bond donors (Lipinski definition) is 2. The number of carbonyl (C=O) groups is 1. The van der Waals surface area contributed by atoms with Crippen molar-refractivity contribution < 1.29 is 14.3 Å². The van der Waals surface area contributed by atoms with Gasteiger partial charge in [-0.05, 0) is 57.0 Å². The molecule has 26 heavy (non-hydrogen) atoms. The molecule has 0 atom stereocenters. The van der Waals surface area contributed by atoms with Gasteiger partial charge in [-0.15, -0.1) is 0 Å². The zero-order valence-corrected chi connectivity index (χ0v) is 15.7. The van der Waals surface area contributed by atoms with Crippen LogP contribution in [0.1, 0.15) is 30.8 Å². The van der Waals surface area contributed by atoms with Crippen molar-refractivity contribution in [2.45, 2.75) is 33.7 Å². The minimum atomic E-state index is -0.204. The first-order valence-corrected chi connectivity index (χ1v) is 8.95. The number of pyridine rings is 1. The minimum absolute atomic E-state index is 0.204. The molecule has 0 saturated heterocycles. The van der Waals surface area contributed by atoms with Crippen LogP contribution >= 0.6 is 0 Å². The Morgan fingerprint density at radius 2 is 1.81 bits per heavy atom. The van der Waals surface area contributed by atoms with Crippen LogP contribution in [0.5, 0.6) is 11.5 Å². The van der Waals surface area contributed by atoms with Crippen molar-refractivity contribution in [2.75, 3.05) is 19.8 Å². The second-order valence-corrected chi connectivity index (χ2v) is 5.78. The molecule has 6 nitrogen and oxygen atoms in total. The maximum Gasteiger partial charge on any atom is 0.315 e. The molecule has 0 spiro atoms. The van der Waals surface area contributed by atoms with E-state index in [1.165, 1.54) is 0 Å². The lowest BCUT2D eigenvalue weighted by atomic mass is 10.1. The predicted octanol–water partition coefficient (Wildman–Crippen LogP) is 3.23. The van der Waals surface area contributed by atoms with Gasteiger partial charge in [0.2, 0.25) is 0 Å². The van der Waals surface area contributed by atoms with Crippen LogP contribution in [0.25, 0.3) is 0 Å². The first-order chi connectivity index (χ1) is 12.6. The highest BCUT2D eigenvalue weighted by Gasteiger charge is 2.07. The summed E-state index contributed by atoms with van der Waals surface area (Å²) < 4.78 is 11.2. The third-order valence-corrected chi connectivity index (χ3v) is 3.68. The molecule has 1 aromatic carbocycles. The Hall–Kier alpha value is -2.76. The van der Waals surface area contributed by atoms with Crippen molar-refractivity contribution in [3.05, 3.63) is 53.3 Å². The molecule has 0 bridgehead atoms. The van der Waals surface area contributed by atoms with Gasteiger partial charge >= 0.3 is 6.03 Å². The molecule has 2 N–H and O–H groups in total. The van der Waals surface area contributed by atoms with Gasteiger partial charge in [-0.3, -0.25) is 4.98 Å². The van der Waals surface area contributed by atoms with Crippen molar-refractivity contribution in [3.8, 4) is 11.5 Å². The average molecular weight is 357 g/mol. The molecule has 1 heterocycles. The summed E-state index contributed by atoms with van der Waals surface area (Å²) in [6.45, 7) is 7.93. The van der Waals surface area contributed by atoms with E-state index in [1.807, 2.05) is 57.2 Å². The molecule has 1 aromatic heterocycles. The zero-order chi connectivity index (χ0) is 18.8. The van der Waals surface area contributed by atoms with Gasteiger partial charge in [0, 0.05) is 12.2 Å². The number of ether oxygens (including phenoxy) is 2. The van der Waals surface area contributed by atoms with E-state index in [9.17, 15) is 4.79 Å². The van der Waals surface area contributed by atoms with Crippen molar-refractivity contribution in [1.82, 2.24) is 15.6 Å². The van der Waals surface area contributed by atoms with Gasteiger partial charge in [0.05, 0.1) is 25.5 Å². The van der Waals surface area contributed by atoms with E-state index in [-0.39, 0.29) is 6.03 Å². The van der Waals surface area contributed by atoms with Crippen LogP contribution in [0.4, 0.5) is 4.79 Å². The number of nitrogens with one attached hydrogen (secondary N) is 2. The highest BCUT2D eigenvalue weighted by atomic mass is 16.5. The summed E-state index contributed by atoms with van der Waals surface area (Å²) in [7, 11) is 0. The first kappa shape index (κ1) is 19.6. The number of urea groups is 1. The molecule has 0 aliphatic heterocycles. The molecule has 2 rings (SSSR count). The van der Waals surface area contributed by atoms with Gasteiger partial charge in [-0.1, -0.05) is 12.1 Å². The van der Waals surface area contributed by atoms with Gasteiger partial charge in [-0.2, -0.15) is 0 Å². The smallest absolute Gasteiger partial charge is 0.315 e. The second-order valence-electron chi connectivity index (χ2n) is 5.78. The van der Waals surface area contributed by atoms with E-state index in [0.29, 0.717) is 32.7 Å². The summed E-state index contributed by atoms with van der Waals surface area (Å²) >= 11 is 0. The van der Waals surface area contributed by atoms with Crippen LogP contribution in [-0.2, 0) is 13.0 Å². The van der Waals surface area contributed by atoms with Crippen molar-refractivity contribution >= 4 is 6.03 Å². The van der Waals surface area contributed by atoms with Crippen LogP contribution in [-0.4, -0.2) is 30.8 Å². The van der Waals surface area contributed by atoms with E-state index >= 15 is 0 Å². The Morgan fingerprint density at radius 1 is 1.04 bits per heavy atom. The fourth-order valence-corrected chi connectivity index (χ4v) is 2.50. The Morgan fingerprint density at radius 3 is 2.54 bits per heavy atom. The highest BCUT2D eigenvalue weighted by Crippen LogP contribution is 2.28. The third kappa shape index (κ3) is 6.27. The van der Waals surface area contributed by atoms with E-state index in [2.05, 4.69) is 15.6 Å². The highest BCUT2D eigenvalue weighted by molar-refractivity contribution is 5.73. The lowest BCUT2D eigenvalue weighted by Gasteiger charge is -2.13. The molecule has 6 heteroatoms. The number of aromatic nitrogens is 1. The quantitative estimate of drug-likeness (QED) is 0.723. The van der Waals surface area contributed by atoms with E-state index in [1.54, 1.807) is 0 Å². The second kappa shape index (κ2) is 10.3. The number of aryl methyl sites for hydroxylation is 1. The summed E-state index contributed by atoms with van der Waals surface area (Å²) in [6, 6.07) is 11.4. The number of amides is 2. The van der Waals surface area contributed by atoms with Crippen LogP contribution in [0.2, 0.25) is 0 Å². The summed E-state index contributed by atoms with van der Waals surface area (Å²) in [5.74, 6) is 1.48. The molecular formula is C20H27N3O3. The average Bonchev–Trinajstić information content (AvgIpc) is 2.62. The summed E-state index contributed by atoms with van der Waals surface area (Å²) in [4.78, 5) is 16.3. The fourth-order valence-electron chi connectivity index (χ4n) is 2.50. The first-order valence-electron chi connectivity index (χ1n) is 8.95. The zero-order valence-electron chi connectivity index (χ0n) is 15.7. The molecule has 2 aromatic rings. The normalized spacial score (nSPS) is 10.3. The summed E-state index contributed by atoms with van der Waals surface area (Å²) in [5, 5.41) is 5.67. The number of carbonyl (C=O) groups excluding carboxylic acids is 1. The van der Waals surface area contributed by atoms with Crippen molar-refractivity contribution in [2.24, 2.45) is 0 Å². The monoisotopic (exact) mass is 357 g/mol. The van der Waals surface area contributed by atoms with Crippen molar-refractivity contribution in [3.63, 3.8) is 0 Å². The lowest BCUT2D eigenvalue weighted by Crippen LogP contribution is -2.36. The third-order valence-electron chi connectivity index (χ3n) is 3.68. The van der Waals surface area contributed by atoms with Gasteiger partial charge < -0.3 is 20.1 Å².